The van der Waals surface area contributed by atoms with Crippen LogP contribution in [0.2, 0.25) is 5.02 Å². The van der Waals surface area contributed by atoms with Crippen LogP contribution in [0.25, 0.3) is 11.4 Å². The van der Waals surface area contributed by atoms with Gasteiger partial charge in [0, 0.05) is 22.8 Å². The molecule has 1 aliphatic rings. The number of aromatic nitrogens is 2. The predicted molar refractivity (Wildman–Crippen MR) is 87.0 cm³/mol. The van der Waals surface area contributed by atoms with Gasteiger partial charge >= 0.3 is 0 Å². The molecule has 6 nitrogen and oxygen atoms in total. The summed E-state index contributed by atoms with van der Waals surface area (Å²) in [5, 5.41) is 3.31. The molecule has 1 aromatic carbocycles. The summed E-state index contributed by atoms with van der Waals surface area (Å²) < 4.78 is 22.9. The van der Waals surface area contributed by atoms with Gasteiger partial charge in [-0.05, 0) is 36.8 Å². The summed E-state index contributed by atoms with van der Waals surface area (Å²) in [6, 6.07) is 8.11. The van der Waals surface area contributed by atoms with Crippen LogP contribution >= 0.6 is 11.6 Å². The van der Waals surface area contributed by atoms with Gasteiger partial charge in [0.05, 0.1) is 11.5 Å². The predicted octanol–water partition coefficient (Wildman–Crippen LogP) is 1.71. The topological polar surface area (TPSA) is 89.0 Å². The largest absolute Gasteiger partial charge is 0.347 e. The Morgan fingerprint density at radius 2 is 1.96 bits per heavy atom. The van der Waals surface area contributed by atoms with Gasteiger partial charge in [0.25, 0.3) is 5.91 Å². The number of hydrogen-bond donors (Lipinski definition) is 1. The Bertz CT molecular complexity index is 837. The van der Waals surface area contributed by atoms with Crippen molar-refractivity contribution in [1.29, 1.82) is 0 Å². The molecule has 1 aromatic heterocycles. The first-order valence-electron chi connectivity index (χ1n) is 7.03. The smallest absolute Gasteiger partial charge is 0.270 e. The normalized spacial score (nSPS) is 19.4. The van der Waals surface area contributed by atoms with E-state index in [4.69, 9.17) is 11.6 Å². The molecule has 0 bridgehead atoms. The van der Waals surface area contributed by atoms with E-state index in [1.165, 1.54) is 12.3 Å². The van der Waals surface area contributed by atoms with Crippen molar-refractivity contribution in [2.24, 2.45) is 0 Å². The van der Waals surface area contributed by atoms with E-state index in [2.05, 4.69) is 15.3 Å². The molecule has 1 atom stereocenters. The molecule has 1 saturated heterocycles. The summed E-state index contributed by atoms with van der Waals surface area (Å²) in [6.45, 7) is 0. The molecule has 1 fully saturated rings. The van der Waals surface area contributed by atoms with Crippen molar-refractivity contribution in [3.63, 3.8) is 0 Å². The molecule has 8 heteroatoms. The number of sulfone groups is 1. The fraction of sp³-hybridized carbons (Fsp3) is 0.267. The van der Waals surface area contributed by atoms with E-state index in [1.807, 2.05) is 0 Å². The average molecular weight is 352 g/mol. The first-order valence-corrected chi connectivity index (χ1v) is 9.23. The van der Waals surface area contributed by atoms with Crippen molar-refractivity contribution in [2.75, 3.05) is 11.5 Å². The van der Waals surface area contributed by atoms with Gasteiger partial charge in [-0.3, -0.25) is 4.79 Å². The molecule has 23 heavy (non-hydrogen) atoms. The third-order valence-corrected chi connectivity index (χ3v) is 5.58. The van der Waals surface area contributed by atoms with Crippen LogP contribution in [0.5, 0.6) is 0 Å². The van der Waals surface area contributed by atoms with Gasteiger partial charge in [-0.25, -0.2) is 18.4 Å². The zero-order valence-electron chi connectivity index (χ0n) is 12.1. The van der Waals surface area contributed by atoms with Gasteiger partial charge in [0.15, 0.2) is 15.7 Å². The molecule has 1 unspecified atom stereocenters. The molecule has 1 N–H and O–H groups in total. The average Bonchev–Trinajstić information content (AvgIpc) is 2.87. The van der Waals surface area contributed by atoms with E-state index in [1.54, 1.807) is 24.3 Å². The van der Waals surface area contributed by atoms with Crippen LogP contribution in [-0.4, -0.2) is 41.8 Å². The third kappa shape index (κ3) is 3.86. The Hall–Kier alpha value is -1.99. The highest BCUT2D eigenvalue weighted by molar-refractivity contribution is 7.91. The quantitative estimate of drug-likeness (QED) is 0.909. The summed E-state index contributed by atoms with van der Waals surface area (Å²) in [7, 11) is -3.04. The Morgan fingerprint density at radius 1 is 1.22 bits per heavy atom. The van der Waals surface area contributed by atoms with Crippen molar-refractivity contribution in [3.05, 3.63) is 47.2 Å². The zero-order valence-corrected chi connectivity index (χ0v) is 13.6. The number of nitrogens with one attached hydrogen (secondary N) is 1. The molecule has 0 spiro atoms. The van der Waals surface area contributed by atoms with Crippen LogP contribution in [0.4, 0.5) is 0 Å². The molecular weight excluding hydrogens is 338 g/mol. The van der Waals surface area contributed by atoms with Crippen LogP contribution in [0.3, 0.4) is 0 Å². The van der Waals surface area contributed by atoms with Crippen molar-refractivity contribution >= 4 is 27.3 Å². The minimum atomic E-state index is -3.04. The molecule has 3 rings (SSSR count). The first-order chi connectivity index (χ1) is 10.9. The van der Waals surface area contributed by atoms with Crippen molar-refractivity contribution < 1.29 is 13.2 Å². The monoisotopic (exact) mass is 351 g/mol. The highest BCUT2D eigenvalue weighted by Crippen LogP contribution is 2.18. The van der Waals surface area contributed by atoms with E-state index in [-0.39, 0.29) is 23.2 Å². The molecule has 120 valence electrons. The summed E-state index contributed by atoms with van der Waals surface area (Å²) in [4.78, 5) is 20.6. The lowest BCUT2D eigenvalue weighted by atomic mass is 10.2. The maximum Gasteiger partial charge on any atom is 0.270 e. The maximum absolute atomic E-state index is 12.2. The lowest BCUT2D eigenvalue weighted by molar-refractivity contribution is 0.0936. The van der Waals surface area contributed by atoms with E-state index in [0.717, 1.165) is 5.56 Å². The zero-order chi connectivity index (χ0) is 16.4. The molecule has 1 amide bonds. The van der Waals surface area contributed by atoms with Crippen molar-refractivity contribution in [1.82, 2.24) is 15.3 Å². The second-order valence-corrected chi connectivity index (χ2v) is 8.01. The van der Waals surface area contributed by atoms with Crippen LogP contribution in [0, 0.1) is 0 Å². The molecule has 0 aliphatic carbocycles. The van der Waals surface area contributed by atoms with Crippen LogP contribution in [0.1, 0.15) is 16.9 Å². The lowest BCUT2D eigenvalue weighted by Gasteiger charge is -2.10. The molecule has 1 aliphatic heterocycles. The molecule has 0 radical (unpaired) electrons. The summed E-state index contributed by atoms with van der Waals surface area (Å²) in [5.74, 6) is 0.101. The van der Waals surface area contributed by atoms with E-state index >= 15 is 0 Å². The van der Waals surface area contributed by atoms with Gasteiger partial charge in [-0.2, -0.15) is 0 Å². The van der Waals surface area contributed by atoms with Gasteiger partial charge in [0.2, 0.25) is 0 Å². The van der Waals surface area contributed by atoms with E-state index < -0.39 is 15.7 Å². The summed E-state index contributed by atoms with van der Waals surface area (Å²) >= 11 is 5.85. The minimum Gasteiger partial charge on any atom is -0.347 e. The molecule has 0 saturated carbocycles. The lowest BCUT2D eigenvalue weighted by Crippen LogP contribution is -2.36. The van der Waals surface area contributed by atoms with Crippen molar-refractivity contribution in [2.45, 2.75) is 12.5 Å². The SMILES string of the molecule is O=C(NC1CCS(=O)(=O)C1)c1ccnc(-c2ccc(Cl)cc2)n1. The van der Waals surface area contributed by atoms with E-state index in [0.29, 0.717) is 17.3 Å². The fourth-order valence-corrected chi connectivity index (χ4v) is 4.19. The third-order valence-electron chi connectivity index (χ3n) is 3.56. The number of amides is 1. The standard InChI is InChI=1S/C15H14ClN3O3S/c16-11-3-1-10(2-4-11)14-17-7-5-13(19-14)15(20)18-12-6-8-23(21,22)9-12/h1-5,7,12H,6,8-9H2,(H,18,20). The Labute approximate surface area is 138 Å². The van der Waals surface area contributed by atoms with Gasteiger partial charge in [0.1, 0.15) is 5.69 Å². The summed E-state index contributed by atoms with van der Waals surface area (Å²) in [6.07, 6.45) is 1.93. The Kier molecular flexibility index (Phi) is 4.32. The van der Waals surface area contributed by atoms with Crippen LogP contribution < -0.4 is 5.32 Å². The summed E-state index contributed by atoms with van der Waals surface area (Å²) in [5.41, 5.74) is 0.946. The molecular formula is C15H14ClN3O3S. The van der Waals surface area contributed by atoms with Gasteiger partial charge in [-0.15, -0.1) is 0 Å². The number of halogens is 1. The number of carbonyl (C=O) groups is 1. The number of nitrogens with zero attached hydrogens (tertiary/aromatic N) is 2. The van der Waals surface area contributed by atoms with Gasteiger partial charge < -0.3 is 5.32 Å². The number of benzene rings is 1. The van der Waals surface area contributed by atoms with Crippen LogP contribution in [-0.2, 0) is 9.84 Å². The van der Waals surface area contributed by atoms with Crippen LogP contribution in [0.15, 0.2) is 36.5 Å². The maximum atomic E-state index is 12.2. The van der Waals surface area contributed by atoms with Gasteiger partial charge in [-0.1, -0.05) is 11.6 Å². The second kappa shape index (κ2) is 6.25. The number of rotatable bonds is 3. The highest BCUT2D eigenvalue weighted by Gasteiger charge is 2.29. The molecule has 2 heterocycles. The van der Waals surface area contributed by atoms with Crippen molar-refractivity contribution in [3.8, 4) is 11.4 Å². The second-order valence-electron chi connectivity index (χ2n) is 5.35. The molecule has 2 aromatic rings. The minimum absolute atomic E-state index is 0.0200. The Morgan fingerprint density at radius 3 is 2.61 bits per heavy atom. The highest BCUT2D eigenvalue weighted by atomic mass is 35.5. The first kappa shape index (κ1) is 15.9. The van der Waals surface area contributed by atoms with E-state index in [9.17, 15) is 13.2 Å². The fourth-order valence-electron chi connectivity index (χ4n) is 2.39. The number of carbonyl (C=O) groups excluding carboxylic acids is 1. The number of hydrogen-bond acceptors (Lipinski definition) is 5. The Balaban J connectivity index is 1.77.